The van der Waals surface area contributed by atoms with Crippen molar-refractivity contribution in [2.75, 3.05) is 5.73 Å². The van der Waals surface area contributed by atoms with E-state index in [2.05, 4.69) is 159 Å². The number of unbranched alkanes of at least 4 members (excludes halogenated alkanes) is 1. The van der Waals surface area contributed by atoms with Gasteiger partial charge in [0.05, 0.1) is 16.7 Å². The number of anilines is 1. The van der Waals surface area contributed by atoms with Crippen LogP contribution in [-0.4, -0.2) is 9.13 Å². The van der Waals surface area contributed by atoms with Gasteiger partial charge in [-0.1, -0.05) is 186 Å². The first-order valence-electron chi connectivity index (χ1n) is 20.9. The van der Waals surface area contributed by atoms with E-state index in [-0.39, 0.29) is 0 Å². The molecule has 0 saturated carbocycles. The van der Waals surface area contributed by atoms with Crippen LogP contribution < -0.4 is 16.3 Å². The third-order valence-corrected chi connectivity index (χ3v) is 11.1. The Morgan fingerprint density at radius 2 is 1.20 bits per heavy atom. The molecule has 2 N–H and O–H groups in total. The standard InChI is InChI=1S/C33H22N2.C9H9NO.C7H8.C4H10.C2H6/c1-20-23-15-9-16-26-24-12-5-6-13-25(24)31-27-14-7-8-17-29(27)34(2)33(31)32(26)35(20)30-19-22-11-4-3-10-21(22)18-28(23)30;1-6-7-4-2-3-5-8(7)11-9(6)10;1-7-5-3-2-4-6-7;1-3-4-2;1-2/h3-19H,1H2,2H3;2-5H,10H2,1H3;2-6H,1H3;3-4H2,1-2H3;1-2H3. The SMILES string of the molecule is C=c1c2c3cc4ccccc4cc3n1-c1c(c3ccccc3c3c4ccccc4n(C)c13)C=CC=2.CC.CCCC.Cc1c(N)oc2ccccc12.Cc1ccccc1. The lowest BCUT2D eigenvalue weighted by Gasteiger charge is -2.18. The van der Waals surface area contributed by atoms with Gasteiger partial charge in [-0.25, -0.2) is 0 Å². The summed E-state index contributed by atoms with van der Waals surface area (Å²) in [6.07, 6.45) is 9.33. The van der Waals surface area contributed by atoms with Gasteiger partial charge in [-0.3, -0.25) is 0 Å². The number of fused-ring (bicyclic) bond motifs is 16. The highest BCUT2D eigenvalue weighted by Crippen LogP contribution is 2.42. The Labute approximate surface area is 347 Å². The molecule has 0 atom stereocenters. The fraction of sp³-hybridized carbons (Fsp3) is 0.164. The Kier molecular flexibility index (Phi) is 12.2. The molecule has 10 aromatic rings. The number of benzene rings is 7. The zero-order chi connectivity index (χ0) is 41.6. The molecule has 11 rings (SSSR count). The van der Waals surface area contributed by atoms with E-state index in [4.69, 9.17) is 10.2 Å². The van der Waals surface area contributed by atoms with Crippen molar-refractivity contribution >= 4 is 89.8 Å². The molecule has 0 radical (unpaired) electrons. The number of aryl methyl sites for hydroxylation is 3. The molecule has 296 valence electrons. The Bertz CT molecular complexity index is 3210. The molecule has 1 aliphatic rings. The molecule has 4 nitrogen and oxygen atoms in total. The zero-order valence-corrected chi connectivity index (χ0v) is 35.5. The number of rotatable bonds is 1. The third-order valence-electron chi connectivity index (χ3n) is 11.1. The van der Waals surface area contributed by atoms with Gasteiger partial charge in [0.1, 0.15) is 5.58 Å². The van der Waals surface area contributed by atoms with E-state index < -0.39 is 0 Å². The van der Waals surface area contributed by atoms with Crippen molar-refractivity contribution in [1.82, 2.24) is 9.13 Å². The lowest BCUT2D eigenvalue weighted by atomic mass is 9.96. The fourth-order valence-electron chi connectivity index (χ4n) is 7.99. The third kappa shape index (κ3) is 7.55. The van der Waals surface area contributed by atoms with Crippen molar-refractivity contribution in [2.24, 2.45) is 7.05 Å². The molecule has 0 spiro atoms. The molecular weight excluding hydrogens is 719 g/mol. The monoisotopic (exact) mass is 773 g/mol. The van der Waals surface area contributed by atoms with Gasteiger partial charge in [-0.15, -0.1) is 0 Å². The van der Waals surface area contributed by atoms with E-state index in [0.29, 0.717) is 5.88 Å². The average Bonchev–Trinajstić information content (AvgIpc) is 3.86. The minimum atomic E-state index is 0.520. The van der Waals surface area contributed by atoms with Gasteiger partial charge >= 0.3 is 0 Å². The van der Waals surface area contributed by atoms with Gasteiger partial charge in [-0.05, 0) is 59.7 Å². The second-order valence-electron chi connectivity index (χ2n) is 14.8. The summed E-state index contributed by atoms with van der Waals surface area (Å²) < 4.78 is 10.0. The van der Waals surface area contributed by atoms with Gasteiger partial charge in [0.25, 0.3) is 0 Å². The lowest BCUT2D eigenvalue weighted by Crippen LogP contribution is -2.27. The minimum absolute atomic E-state index is 0.520. The highest BCUT2D eigenvalue weighted by atomic mass is 16.3. The van der Waals surface area contributed by atoms with Gasteiger partial charge in [0.15, 0.2) is 5.88 Å². The number of hydrogen-bond donors (Lipinski definition) is 1. The summed E-state index contributed by atoms with van der Waals surface area (Å²) in [5, 5.41) is 12.2. The smallest absolute Gasteiger partial charge is 0.194 e. The van der Waals surface area contributed by atoms with E-state index in [1.807, 2.05) is 63.2 Å². The first-order chi connectivity index (χ1) is 28.8. The summed E-state index contributed by atoms with van der Waals surface area (Å²) in [6, 6.07) is 48.9. The van der Waals surface area contributed by atoms with Crippen LogP contribution >= 0.6 is 0 Å². The Morgan fingerprint density at radius 1 is 0.627 bits per heavy atom. The predicted octanol–water partition coefficient (Wildman–Crippen LogP) is 14.0. The van der Waals surface area contributed by atoms with Crippen molar-refractivity contribution in [3.63, 3.8) is 0 Å². The van der Waals surface area contributed by atoms with Gasteiger partial charge < -0.3 is 19.3 Å². The summed E-state index contributed by atoms with van der Waals surface area (Å²) in [4.78, 5) is 0. The minimum Gasteiger partial charge on any atom is -0.441 e. The van der Waals surface area contributed by atoms with Gasteiger partial charge in [0, 0.05) is 55.8 Å². The van der Waals surface area contributed by atoms with Crippen molar-refractivity contribution in [1.29, 1.82) is 0 Å². The fourth-order valence-corrected chi connectivity index (χ4v) is 7.99. The second-order valence-corrected chi connectivity index (χ2v) is 14.8. The maximum atomic E-state index is 5.59. The molecule has 2 bridgehead atoms. The van der Waals surface area contributed by atoms with Gasteiger partial charge in [0.2, 0.25) is 0 Å². The van der Waals surface area contributed by atoms with Gasteiger partial charge in [-0.2, -0.15) is 0 Å². The highest BCUT2D eigenvalue weighted by molar-refractivity contribution is 6.25. The highest BCUT2D eigenvalue weighted by Gasteiger charge is 2.23. The van der Waals surface area contributed by atoms with Crippen molar-refractivity contribution in [3.05, 3.63) is 173 Å². The molecule has 59 heavy (non-hydrogen) atoms. The maximum absolute atomic E-state index is 5.59. The summed E-state index contributed by atoms with van der Waals surface area (Å²) >= 11 is 0. The van der Waals surface area contributed by atoms with E-state index in [1.165, 1.54) is 89.1 Å². The van der Waals surface area contributed by atoms with Crippen LogP contribution in [0.1, 0.15) is 57.2 Å². The molecule has 0 aliphatic carbocycles. The molecule has 1 aliphatic heterocycles. The van der Waals surface area contributed by atoms with E-state index in [1.54, 1.807) is 0 Å². The number of aromatic nitrogens is 2. The van der Waals surface area contributed by atoms with Crippen molar-refractivity contribution in [3.8, 4) is 5.69 Å². The summed E-state index contributed by atoms with van der Waals surface area (Å²) in [7, 11) is 2.19. The van der Waals surface area contributed by atoms with Crippen LogP contribution in [0.5, 0.6) is 0 Å². The lowest BCUT2D eigenvalue weighted by molar-refractivity contribution is 0.635. The molecule has 0 amide bonds. The first kappa shape index (κ1) is 40.4. The molecule has 4 heteroatoms. The molecule has 3 aromatic heterocycles. The van der Waals surface area contributed by atoms with Crippen LogP contribution in [0.25, 0.3) is 89.6 Å². The van der Waals surface area contributed by atoms with E-state index in [0.717, 1.165) is 21.9 Å². The Hall–Kier alpha value is -6.78. The van der Waals surface area contributed by atoms with Crippen LogP contribution in [-0.2, 0) is 7.05 Å². The number of nitrogens with zero attached hydrogens (tertiary/aromatic N) is 2. The molecule has 0 unspecified atom stereocenters. The number of allylic oxidation sites excluding steroid dienone is 1. The van der Waals surface area contributed by atoms with Crippen LogP contribution in [0.2, 0.25) is 0 Å². The Morgan fingerprint density at radius 3 is 1.85 bits per heavy atom. The molecule has 4 heterocycles. The summed E-state index contributed by atoms with van der Waals surface area (Å²) in [5.74, 6) is 0.520. The molecule has 0 saturated heterocycles. The van der Waals surface area contributed by atoms with E-state index >= 15 is 0 Å². The van der Waals surface area contributed by atoms with Crippen LogP contribution in [0.3, 0.4) is 0 Å². The molecular formula is C55H55N3O. The Balaban J connectivity index is 0.000000179. The van der Waals surface area contributed by atoms with Crippen molar-refractivity contribution in [2.45, 2.75) is 54.4 Å². The molecule has 7 aromatic carbocycles. The zero-order valence-electron chi connectivity index (χ0n) is 35.5. The average molecular weight is 774 g/mol. The quantitative estimate of drug-likeness (QED) is 0.181. The predicted molar refractivity (Wildman–Crippen MR) is 259 cm³/mol. The topological polar surface area (TPSA) is 49.0 Å². The van der Waals surface area contributed by atoms with E-state index in [9.17, 15) is 0 Å². The number of nitrogen functional groups attached to an aromatic ring is 1. The largest absolute Gasteiger partial charge is 0.441 e. The number of furan rings is 1. The van der Waals surface area contributed by atoms with Crippen LogP contribution in [0.4, 0.5) is 5.88 Å². The van der Waals surface area contributed by atoms with Crippen LogP contribution in [0, 0.1) is 13.8 Å². The molecule has 0 fully saturated rings. The number of hydrogen-bond acceptors (Lipinski definition) is 2. The summed E-state index contributed by atoms with van der Waals surface area (Å²) in [5.41, 5.74) is 14.9. The number of para-hydroxylation sites is 2. The maximum Gasteiger partial charge on any atom is 0.194 e. The summed E-state index contributed by atoms with van der Waals surface area (Å²) in [6.45, 7) is 17.0. The normalized spacial score (nSPS) is 11.3. The first-order valence-corrected chi connectivity index (χ1v) is 20.9. The second kappa shape index (κ2) is 17.8. The van der Waals surface area contributed by atoms with Crippen molar-refractivity contribution < 1.29 is 4.42 Å². The van der Waals surface area contributed by atoms with Crippen LogP contribution in [0.15, 0.2) is 150 Å². The number of nitrogens with two attached hydrogens (primary N) is 1.